The Labute approximate surface area is 173 Å². The van der Waals surface area contributed by atoms with E-state index < -0.39 is 5.97 Å². The van der Waals surface area contributed by atoms with E-state index in [1.54, 1.807) is 44.2 Å². The molecule has 0 radical (unpaired) electrons. The fourth-order valence-corrected chi connectivity index (χ4v) is 2.74. The molecule has 0 bridgehead atoms. The van der Waals surface area contributed by atoms with Crippen LogP contribution in [-0.2, 0) is 11.3 Å². The number of amides is 2. The van der Waals surface area contributed by atoms with E-state index in [1.807, 2.05) is 6.07 Å². The second-order valence-electron chi connectivity index (χ2n) is 6.36. The van der Waals surface area contributed by atoms with Crippen LogP contribution < -0.4 is 10.6 Å². The molecule has 2 heterocycles. The van der Waals surface area contributed by atoms with Crippen LogP contribution in [0.2, 0.25) is 0 Å². The molecule has 0 saturated carbocycles. The van der Waals surface area contributed by atoms with Gasteiger partial charge in [0.1, 0.15) is 5.69 Å². The summed E-state index contributed by atoms with van der Waals surface area (Å²) in [7, 11) is 0. The van der Waals surface area contributed by atoms with Crippen molar-refractivity contribution in [3.8, 4) is 0 Å². The van der Waals surface area contributed by atoms with Gasteiger partial charge in [0.2, 0.25) is 0 Å². The molecule has 0 atom stereocenters. The molecule has 8 heteroatoms. The van der Waals surface area contributed by atoms with Crippen LogP contribution in [-0.4, -0.2) is 29.4 Å². The molecule has 0 unspecified atom stereocenters. The van der Waals surface area contributed by atoms with E-state index >= 15 is 0 Å². The number of nitrogens with one attached hydrogen (secondary N) is 2. The number of nitrogens with zero attached hydrogens (tertiary/aromatic N) is 1. The SMILES string of the molecule is CCOC(=O)c1ccc(C(=O)NCc2cccc(NC(=O)c3ccco3)c2)nc1C. The van der Waals surface area contributed by atoms with Crippen LogP contribution in [0.5, 0.6) is 0 Å². The average Bonchev–Trinajstić information content (AvgIpc) is 3.27. The highest BCUT2D eigenvalue weighted by molar-refractivity contribution is 6.02. The standard InChI is InChI=1S/C22H21N3O5/c1-3-29-22(28)17-9-10-18(24-14(17)2)20(26)23-13-15-6-4-7-16(12-15)25-21(27)19-8-5-11-30-19/h4-12H,3,13H2,1-2H3,(H,23,26)(H,25,27). The molecule has 0 spiro atoms. The number of hydrogen-bond acceptors (Lipinski definition) is 6. The van der Waals surface area contributed by atoms with Gasteiger partial charge >= 0.3 is 5.97 Å². The predicted octanol–water partition coefficient (Wildman–Crippen LogP) is 3.34. The number of furan rings is 1. The maximum atomic E-state index is 12.4. The fraction of sp³-hybridized carbons (Fsp3) is 0.182. The quantitative estimate of drug-likeness (QED) is 0.581. The molecule has 30 heavy (non-hydrogen) atoms. The second kappa shape index (κ2) is 9.51. The summed E-state index contributed by atoms with van der Waals surface area (Å²) in [6.45, 7) is 3.87. The molecule has 0 saturated heterocycles. The van der Waals surface area contributed by atoms with Crippen LogP contribution in [0.4, 0.5) is 5.69 Å². The molecule has 0 aliphatic carbocycles. The van der Waals surface area contributed by atoms with Crippen molar-refractivity contribution in [3.63, 3.8) is 0 Å². The Bertz CT molecular complexity index is 1060. The van der Waals surface area contributed by atoms with Crippen LogP contribution in [0.25, 0.3) is 0 Å². The summed E-state index contributed by atoms with van der Waals surface area (Å²) < 4.78 is 10.0. The molecule has 8 nitrogen and oxygen atoms in total. The van der Waals surface area contributed by atoms with Gasteiger partial charge < -0.3 is 19.8 Å². The van der Waals surface area contributed by atoms with Crippen LogP contribution in [0.1, 0.15) is 49.6 Å². The van der Waals surface area contributed by atoms with Gasteiger partial charge in [0.25, 0.3) is 11.8 Å². The molecule has 154 valence electrons. The summed E-state index contributed by atoms with van der Waals surface area (Å²) in [5.74, 6) is -0.995. The van der Waals surface area contributed by atoms with Gasteiger partial charge in [-0.25, -0.2) is 9.78 Å². The van der Waals surface area contributed by atoms with Gasteiger partial charge in [-0.05, 0) is 55.8 Å². The van der Waals surface area contributed by atoms with E-state index in [-0.39, 0.29) is 36.4 Å². The van der Waals surface area contributed by atoms with Crippen molar-refractivity contribution in [2.75, 3.05) is 11.9 Å². The number of hydrogen-bond donors (Lipinski definition) is 2. The maximum Gasteiger partial charge on any atom is 0.339 e. The molecule has 0 aliphatic rings. The number of aryl methyl sites for hydroxylation is 1. The molecule has 2 N–H and O–H groups in total. The zero-order chi connectivity index (χ0) is 21.5. The Hall–Kier alpha value is -3.94. The van der Waals surface area contributed by atoms with Crippen molar-refractivity contribution in [1.82, 2.24) is 10.3 Å². The molecular weight excluding hydrogens is 386 g/mol. The van der Waals surface area contributed by atoms with Gasteiger partial charge in [-0.3, -0.25) is 9.59 Å². The molecule has 0 aliphatic heterocycles. The minimum Gasteiger partial charge on any atom is -0.462 e. The maximum absolute atomic E-state index is 12.4. The van der Waals surface area contributed by atoms with Crippen molar-refractivity contribution in [1.29, 1.82) is 0 Å². The first-order valence-corrected chi connectivity index (χ1v) is 9.34. The van der Waals surface area contributed by atoms with Crippen LogP contribution in [0.15, 0.2) is 59.2 Å². The predicted molar refractivity (Wildman–Crippen MR) is 109 cm³/mol. The lowest BCUT2D eigenvalue weighted by atomic mass is 10.1. The number of rotatable bonds is 7. The number of anilines is 1. The molecule has 1 aromatic carbocycles. The monoisotopic (exact) mass is 407 g/mol. The Morgan fingerprint density at radius 2 is 1.90 bits per heavy atom. The van der Waals surface area contributed by atoms with Gasteiger partial charge in [-0.2, -0.15) is 0 Å². The third-order valence-electron chi connectivity index (χ3n) is 4.20. The molecule has 3 rings (SSSR count). The highest BCUT2D eigenvalue weighted by Gasteiger charge is 2.15. The van der Waals surface area contributed by atoms with E-state index in [4.69, 9.17) is 9.15 Å². The van der Waals surface area contributed by atoms with Crippen molar-refractivity contribution >= 4 is 23.5 Å². The van der Waals surface area contributed by atoms with E-state index in [0.29, 0.717) is 16.9 Å². The smallest absolute Gasteiger partial charge is 0.339 e. The van der Waals surface area contributed by atoms with Crippen LogP contribution in [0, 0.1) is 6.92 Å². The van der Waals surface area contributed by atoms with Crippen molar-refractivity contribution < 1.29 is 23.5 Å². The van der Waals surface area contributed by atoms with E-state index in [0.717, 1.165) is 5.56 Å². The van der Waals surface area contributed by atoms with Gasteiger partial charge in [-0.1, -0.05) is 12.1 Å². The molecule has 3 aromatic rings. The second-order valence-corrected chi connectivity index (χ2v) is 6.36. The highest BCUT2D eigenvalue weighted by Crippen LogP contribution is 2.13. The number of carbonyl (C=O) groups is 3. The Morgan fingerprint density at radius 1 is 1.07 bits per heavy atom. The summed E-state index contributed by atoms with van der Waals surface area (Å²) in [5.41, 5.74) is 2.32. The summed E-state index contributed by atoms with van der Waals surface area (Å²) >= 11 is 0. The summed E-state index contributed by atoms with van der Waals surface area (Å²) in [5, 5.41) is 5.51. The number of benzene rings is 1. The lowest BCUT2D eigenvalue weighted by Crippen LogP contribution is -2.24. The van der Waals surface area contributed by atoms with Gasteiger partial charge in [0.05, 0.1) is 24.1 Å². The molecular formula is C22H21N3O5. The van der Waals surface area contributed by atoms with Crippen molar-refractivity contribution in [2.45, 2.75) is 20.4 Å². The summed E-state index contributed by atoms with van der Waals surface area (Å²) in [6, 6.07) is 13.3. The molecule has 2 amide bonds. The molecule has 2 aromatic heterocycles. The first kappa shape index (κ1) is 20.8. The van der Waals surface area contributed by atoms with Gasteiger partial charge in [0.15, 0.2) is 5.76 Å². The van der Waals surface area contributed by atoms with Crippen LogP contribution in [0.3, 0.4) is 0 Å². The number of aromatic nitrogens is 1. The van der Waals surface area contributed by atoms with E-state index in [2.05, 4.69) is 15.6 Å². The number of ether oxygens (including phenoxy) is 1. The normalized spacial score (nSPS) is 10.3. The van der Waals surface area contributed by atoms with Crippen molar-refractivity contribution in [2.24, 2.45) is 0 Å². The lowest BCUT2D eigenvalue weighted by molar-refractivity contribution is 0.0524. The minimum atomic E-state index is -0.470. The first-order chi connectivity index (χ1) is 14.5. The lowest BCUT2D eigenvalue weighted by Gasteiger charge is -2.09. The minimum absolute atomic E-state index is 0.197. The highest BCUT2D eigenvalue weighted by atomic mass is 16.5. The average molecular weight is 407 g/mol. The van der Waals surface area contributed by atoms with Crippen LogP contribution >= 0.6 is 0 Å². The van der Waals surface area contributed by atoms with Gasteiger partial charge in [0, 0.05) is 12.2 Å². The first-order valence-electron chi connectivity index (χ1n) is 9.34. The zero-order valence-corrected chi connectivity index (χ0v) is 16.6. The Kier molecular flexibility index (Phi) is 6.59. The number of carbonyl (C=O) groups excluding carboxylic acids is 3. The largest absolute Gasteiger partial charge is 0.462 e. The van der Waals surface area contributed by atoms with Gasteiger partial charge in [-0.15, -0.1) is 0 Å². The van der Waals surface area contributed by atoms with Crippen molar-refractivity contribution in [3.05, 3.63) is 83.1 Å². The van der Waals surface area contributed by atoms with E-state index in [9.17, 15) is 14.4 Å². The zero-order valence-electron chi connectivity index (χ0n) is 16.6. The Balaban J connectivity index is 1.61. The third kappa shape index (κ3) is 5.11. The number of esters is 1. The summed E-state index contributed by atoms with van der Waals surface area (Å²) in [6.07, 6.45) is 1.43. The summed E-state index contributed by atoms with van der Waals surface area (Å²) in [4.78, 5) is 40.5. The number of pyridine rings is 1. The Morgan fingerprint density at radius 3 is 2.60 bits per heavy atom. The van der Waals surface area contributed by atoms with E-state index in [1.165, 1.54) is 18.4 Å². The third-order valence-corrected chi connectivity index (χ3v) is 4.20. The fourth-order valence-electron chi connectivity index (χ4n) is 2.74. The molecule has 0 fully saturated rings. The topological polar surface area (TPSA) is 111 Å².